The quantitative estimate of drug-likeness (QED) is 0.930. The van der Waals surface area contributed by atoms with E-state index in [0.717, 1.165) is 31.6 Å². The van der Waals surface area contributed by atoms with Gasteiger partial charge in [0, 0.05) is 31.9 Å². The molecule has 21 heavy (non-hydrogen) atoms. The molecule has 0 aromatic carbocycles. The van der Waals surface area contributed by atoms with Gasteiger partial charge in [0.25, 0.3) is 5.91 Å². The molecule has 1 fully saturated rings. The van der Waals surface area contributed by atoms with Crippen molar-refractivity contribution in [1.29, 1.82) is 0 Å². The summed E-state index contributed by atoms with van der Waals surface area (Å²) in [5, 5.41) is 4.36. The molecule has 1 aliphatic rings. The van der Waals surface area contributed by atoms with Gasteiger partial charge in [-0.2, -0.15) is 5.10 Å². The molecule has 120 valence electrons. The van der Waals surface area contributed by atoms with Crippen molar-refractivity contribution in [2.24, 2.45) is 18.7 Å². The Morgan fingerprint density at radius 2 is 1.90 bits per heavy atom. The number of rotatable bonds is 3. The summed E-state index contributed by atoms with van der Waals surface area (Å²) in [6.07, 6.45) is 1.99. The van der Waals surface area contributed by atoms with E-state index in [1.807, 2.05) is 22.7 Å². The molecule has 1 saturated heterocycles. The van der Waals surface area contributed by atoms with Gasteiger partial charge in [-0.1, -0.05) is 13.8 Å². The van der Waals surface area contributed by atoms with Crippen LogP contribution in [0.1, 0.15) is 55.7 Å². The molecule has 2 N–H and O–H groups in total. The third-order valence-corrected chi connectivity index (χ3v) is 4.30. The molecule has 0 spiro atoms. The van der Waals surface area contributed by atoms with Gasteiger partial charge in [0.15, 0.2) is 5.69 Å². The predicted molar refractivity (Wildman–Crippen MR) is 86.8 cm³/mol. The highest BCUT2D eigenvalue weighted by Gasteiger charge is 2.27. The number of nitrogens with two attached hydrogens (primary N) is 1. The number of aromatic nitrogens is 2. The standard InChI is InChI=1S/C15H26N4O.ClH/c1-10(2)14-9-13(17-18(14)4)15(20)19-7-5-12(6-8-19)11(3)16;/h9-12H,5-8,16H2,1-4H3;1H. The first kappa shape index (κ1) is 18.0. The average Bonchev–Trinajstić information content (AvgIpc) is 2.80. The molecule has 6 heteroatoms. The van der Waals surface area contributed by atoms with Crippen molar-refractivity contribution in [3.05, 3.63) is 17.5 Å². The van der Waals surface area contributed by atoms with Crippen molar-refractivity contribution in [3.63, 3.8) is 0 Å². The lowest BCUT2D eigenvalue weighted by molar-refractivity contribution is 0.0674. The van der Waals surface area contributed by atoms with Gasteiger partial charge < -0.3 is 10.6 Å². The zero-order chi connectivity index (χ0) is 14.9. The Hall–Kier alpha value is -1.07. The van der Waals surface area contributed by atoms with Crippen LogP contribution in [0.15, 0.2) is 6.07 Å². The second-order valence-electron chi connectivity index (χ2n) is 6.22. The summed E-state index contributed by atoms with van der Waals surface area (Å²) in [5.74, 6) is 0.961. The van der Waals surface area contributed by atoms with Crippen molar-refractivity contribution in [1.82, 2.24) is 14.7 Å². The molecule has 0 aliphatic carbocycles. The summed E-state index contributed by atoms with van der Waals surface area (Å²) in [4.78, 5) is 14.4. The number of hydrogen-bond acceptors (Lipinski definition) is 3. The van der Waals surface area contributed by atoms with E-state index < -0.39 is 0 Å². The molecular formula is C15H27ClN4O. The maximum absolute atomic E-state index is 12.5. The van der Waals surface area contributed by atoms with Crippen LogP contribution < -0.4 is 5.73 Å². The highest BCUT2D eigenvalue weighted by atomic mass is 35.5. The predicted octanol–water partition coefficient (Wildman–Crippen LogP) is 2.16. The van der Waals surface area contributed by atoms with Gasteiger partial charge in [0.2, 0.25) is 0 Å². The number of aryl methyl sites for hydroxylation is 1. The minimum Gasteiger partial charge on any atom is -0.337 e. The Morgan fingerprint density at radius 1 is 1.33 bits per heavy atom. The van der Waals surface area contributed by atoms with E-state index in [-0.39, 0.29) is 24.4 Å². The lowest BCUT2D eigenvalue weighted by Gasteiger charge is -2.33. The Balaban J connectivity index is 0.00000220. The fourth-order valence-electron chi connectivity index (χ4n) is 2.92. The molecule has 1 aromatic rings. The van der Waals surface area contributed by atoms with E-state index in [9.17, 15) is 4.79 Å². The Labute approximate surface area is 133 Å². The van der Waals surface area contributed by atoms with E-state index in [4.69, 9.17) is 5.73 Å². The molecule has 5 nitrogen and oxygen atoms in total. The van der Waals surface area contributed by atoms with Gasteiger partial charge in [-0.3, -0.25) is 9.48 Å². The van der Waals surface area contributed by atoms with Gasteiger partial charge in [-0.05, 0) is 37.7 Å². The van der Waals surface area contributed by atoms with E-state index >= 15 is 0 Å². The number of amides is 1. The van der Waals surface area contributed by atoms with Crippen LogP contribution in [-0.2, 0) is 7.05 Å². The largest absolute Gasteiger partial charge is 0.337 e. The van der Waals surface area contributed by atoms with Crippen molar-refractivity contribution < 1.29 is 4.79 Å². The first-order chi connectivity index (χ1) is 9.40. The Morgan fingerprint density at radius 3 is 2.33 bits per heavy atom. The molecule has 1 aliphatic heterocycles. The third-order valence-electron chi connectivity index (χ3n) is 4.30. The molecule has 1 amide bonds. The molecule has 0 bridgehead atoms. The van der Waals surface area contributed by atoms with E-state index in [0.29, 0.717) is 17.5 Å². The molecule has 2 rings (SSSR count). The molecule has 1 atom stereocenters. The number of piperidine rings is 1. The van der Waals surface area contributed by atoms with Gasteiger partial charge >= 0.3 is 0 Å². The summed E-state index contributed by atoms with van der Waals surface area (Å²) in [7, 11) is 1.90. The fourth-order valence-corrected chi connectivity index (χ4v) is 2.92. The topological polar surface area (TPSA) is 64.2 Å². The number of hydrogen-bond donors (Lipinski definition) is 1. The molecule has 0 radical (unpaired) electrons. The highest BCUT2D eigenvalue weighted by molar-refractivity contribution is 5.92. The fraction of sp³-hybridized carbons (Fsp3) is 0.733. The van der Waals surface area contributed by atoms with Crippen molar-refractivity contribution in [2.75, 3.05) is 13.1 Å². The van der Waals surface area contributed by atoms with Crippen LogP contribution in [-0.4, -0.2) is 39.7 Å². The third kappa shape index (κ3) is 3.98. The summed E-state index contributed by atoms with van der Waals surface area (Å²) in [5.41, 5.74) is 7.60. The second-order valence-corrected chi connectivity index (χ2v) is 6.22. The minimum atomic E-state index is 0. The summed E-state index contributed by atoms with van der Waals surface area (Å²) < 4.78 is 1.81. The van der Waals surface area contributed by atoms with Crippen molar-refractivity contribution in [2.45, 2.75) is 45.6 Å². The smallest absolute Gasteiger partial charge is 0.274 e. The van der Waals surface area contributed by atoms with E-state index in [1.54, 1.807) is 0 Å². The van der Waals surface area contributed by atoms with Gasteiger partial charge in [-0.15, -0.1) is 12.4 Å². The van der Waals surface area contributed by atoms with Crippen LogP contribution >= 0.6 is 12.4 Å². The van der Waals surface area contributed by atoms with Crippen LogP contribution in [0.3, 0.4) is 0 Å². The van der Waals surface area contributed by atoms with Gasteiger partial charge in [-0.25, -0.2) is 0 Å². The lowest BCUT2D eigenvalue weighted by atomic mass is 9.91. The highest BCUT2D eigenvalue weighted by Crippen LogP contribution is 2.22. The average molecular weight is 315 g/mol. The molecular weight excluding hydrogens is 288 g/mol. The Bertz CT molecular complexity index is 476. The molecule has 0 saturated carbocycles. The van der Waals surface area contributed by atoms with E-state index in [2.05, 4.69) is 25.9 Å². The monoisotopic (exact) mass is 314 g/mol. The lowest BCUT2D eigenvalue weighted by Crippen LogP contribution is -2.42. The molecule has 2 heterocycles. The minimum absolute atomic E-state index is 0. The number of likely N-dealkylation sites (tertiary alicyclic amines) is 1. The van der Waals surface area contributed by atoms with Crippen LogP contribution in [0.25, 0.3) is 0 Å². The van der Waals surface area contributed by atoms with Crippen LogP contribution in [0.4, 0.5) is 0 Å². The summed E-state index contributed by atoms with van der Waals surface area (Å²) in [6, 6.07) is 2.14. The van der Waals surface area contributed by atoms with E-state index in [1.165, 1.54) is 0 Å². The zero-order valence-electron chi connectivity index (χ0n) is 13.4. The zero-order valence-corrected chi connectivity index (χ0v) is 14.2. The van der Waals surface area contributed by atoms with Gasteiger partial charge in [0.05, 0.1) is 0 Å². The first-order valence-electron chi connectivity index (χ1n) is 7.49. The molecule has 1 aromatic heterocycles. The maximum atomic E-state index is 12.5. The molecule has 1 unspecified atom stereocenters. The van der Waals surface area contributed by atoms with Crippen molar-refractivity contribution >= 4 is 18.3 Å². The Kier molecular flexibility index (Phi) is 6.23. The normalized spacial score (nSPS) is 17.7. The SMILES string of the molecule is CC(C)c1cc(C(=O)N2CCC(C(C)N)CC2)nn1C.Cl. The van der Waals surface area contributed by atoms with Crippen molar-refractivity contribution in [3.8, 4) is 0 Å². The summed E-state index contributed by atoms with van der Waals surface area (Å²) >= 11 is 0. The summed E-state index contributed by atoms with van der Waals surface area (Å²) in [6.45, 7) is 7.85. The van der Waals surface area contributed by atoms with Crippen LogP contribution in [0.5, 0.6) is 0 Å². The number of carbonyl (C=O) groups excluding carboxylic acids is 1. The van der Waals surface area contributed by atoms with Gasteiger partial charge in [0.1, 0.15) is 0 Å². The number of halogens is 1. The van der Waals surface area contributed by atoms with Crippen LogP contribution in [0, 0.1) is 5.92 Å². The maximum Gasteiger partial charge on any atom is 0.274 e. The second kappa shape index (κ2) is 7.27. The number of carbonyl (C=O) groups is 1. The number of nitrogens with zero attached hydrogens (tertiary/aromatic N) is 3. The first-order valence-corrected chi connectivity index (χ1v) is 7.49. The van der Waals surface area contributed by atoms with Crippen LogP contribution in [0.2, 0.25) is 0 Å².